The first kappa shape index (κ1) is 19.5. The van der Waals surface area contributed by atoms with Gasteiger partial charge in [-0.1, -0.05) is 12.1 Å². The zero-order chi connectivity index (χ0) is 18.8. The van der Waals surface area contributed by atoms with Crippen molar-refractivity contribution in [3.8, 4) is 0 Å². The molecule has 9 heteroatoms. The van der Waals surface area contributed by atoms with Gasteiger partial charge in [0, 0.05) is 30.8 Å². The van der Waals surface area contributed by atoms with Crippen molar-refractivity contribution in [1.82, 2.24) is 4.31 Å². The van der Waals surface area contributed by atoms with Crippen LogP contribution in [0.15, 0.2) is 51.6 Å². The molecule has 0 radical (unpaired) electrons. The minimum Gasteiger partial charge on any atom is -0.377 e. The number of sulfonamides is 1. The predicted molar refractivity (Wildman–Crippen MR) is 100 cm³/mol. The fourth-order valence-corrected chi connectivity index (χ4v) is 5.89. The van der Waals surface area contributed by atoms with E-state index in [4.69, 9.17) is 4.74 Å². The van der Waals surface area contributed by atoms with Crippen LogP contribution in [0.1, 0.15) is 17.7 Å². The van der Waals surface area contributed by atoms with Crippen LogP contribution in [0, 0.1) is 0 Å². The first-order valence-electron chi connectivity index (χ1n) is 8.21. The Hall–Kier alpha value is -1.26. The van der Waals surface area contributed by atoms with Gasteiger partial charge >= 0.3 is 0 Å². The molecule has 142 valence electrons. The first-order valence-corrected chi connectivity index (χ1v) is 12.4. The van der Waals surface area contributed by atoms with Crippen molar-refractivity contribution in [1.29, 1.82) is 0 Å². The summed E-state index contributed by atoms with van der Waals surface area (Å²) in [5.74, 6) is 0. The van der Waals surface area contributed by atoms with Gasteiger partial charge in [-0.2, -0.15) is 4.31 Å². The highest BCUT2D eigenvalue weighted by atomic mass is 32.2. The van der Waals surface area contributed by atoms with Crippen LogP contribution in [0.4, 0.5) is 0 Å². The fraction of sp³-hybridized carbons (Fsp3) is 0.412. The van der Waals surface area contributed by atoms with Crippen LogP contribution in [-0.4, -0.2) is 46.7 Å². The second kappa shape index (κ2) is 7.77. The van der Waals surface area contributed by atoms with Gasteiger partial charge in [-0.05, 0) is 42.5 Å². The molecular weight excluding hydrogens is 394 g/mol. The van der Waals surface area contributed by atoms with Crippen molar-refractivity contribution in [2.75, 3.05) is 19.4 Å². The second-order valence-corrected chi connectivity index (χ2v) is 11.2. The van der Waals surface area contributed by atoms with Gasteiger partial charge in [-0.15, -0.1) is 11.3 Å². The summed E-state index contributed by atoms with van der Waals surface area (Å²) < 4.78 is 57.0. The Labute approximate surface area is 158 Å². The molecule has 0 N–H and O–H groups in total. The number of rotatable bonds is 7. The Morgan fingerprint density at radius 2 is 1.92 bits per heavy atom. The van der Waals surface area contributed by atoms with Crippen molar-refractivity contribution >= 4 is 31.2 Å². The van der Waals surface area contributed by atoms with Crippen LogP contribution < -0.4 is 0 Å². The molecule has 1 aliphatic heterocycles. The average Bonchev–Trinajstić information content (AvgIpc) is 3.27. The van der Waals surface area contributed by atoms with E-state index in [1.54, 1.807) is 0 Å². The Bertz CT molecular complexity index is 946. The van der Waals surface area contributed by atoms with Crippen molar-refractivity contribution in [3.63, 3.8) is 0 Å². The monoisotopic (exact) mass is 415 g/mol. The third kappa shape index (κ3) is 4.52. The highest BCUT2D eigenvalue weighted by Gasteiger charge is 2.30. The first-order chi connectivity index (χ1) is 12.3. The summed E-state index contributed by atoms with van der Waals surface area (Å²) in [6, 6.07) is 9.27. The molecule has 6 nitrogen and oxygen atoms in total. The standard InChI is InChI=1S/C17H21NO5S3/c1-25(19,20)16-7-2-8-17(11-16)26(21,22)18(12-14-5-3-9-23-14)13-15-6-4-10-24-15/h2,4,6-8,10-11,14H,3,5,9,12-13H2,1H3/t14-/m0/s1. The lowest BCUT2D eigenvalue weighted by Crippen LogP contribution is -2.36. The van der Waals surface area contributed by atoms with Crippen LogP contribution in [0.2, 0.25) is 0 Å². The summed E-state index contributed by atoms with van der Waals surface area (Å²) in [6.45, 7) is 1.13. The summed E-state index contributed by atoms with van der Waals surface area (Å²) in [5.41, 5.74) is 0. The molecule has 26 heavy (non-hydrogen) atoms. The van der Waals surface area contributed by atoms with Gasteiger partial charge < -0.3 is 4.74 Å². The minimum atomic E-state index is -3.85. The van der Waals surface area contributed by atoms with Crippen LogP contribution in [0.3, 0.4) is 0 Å². The molecule has 0 spiro atoms. The Kier molecular flexibility index (Phi) is 5.83. The van der Waals surface area contributed by atoms with Crippen molar-refractivity contribution < 1.29 is 21.6 Å². The molecule has 2 aromatic rings. The maximum atomic E-state index is 13.2. The molecular formula is C17H21NO5S3. The average molecular weight is 416 g/mol. The topological polar surface area (TPSA) is 80.8 Å². The number of ether oxygens (including phenoxy) is 1. The molecule has 1 atom stereocenters. The second-order valence-electron chi connectivity index (χ2n) is 6.26. The molecule has 0 saturated carbocycles. The SMILES string of the molecule is CS(=O)(=O)c1cccc(S(=O)(=O)N(Cc2cccs2)C[C@@H]2CCCO2)c1. The lowest BCUT2D eigenvalue weighted by molar-refractivity contribution is 0.0927. The molecule has 0 aliphatic carbocycles. The molecule has 0 unspecified atom stereocenters. The highest BCUT2D eigenvalue weighted by Crippen LogP contribution is 2.25. The Morgan fingerprint density at radius 1 is 1.15 bits per heavy atom. The van der Waals surface area contributed by atoms with Gasteiger partial charge in [0.05, 0.1) is 15.9 Å². The summed E-state index contributed by atoms with van der Waals surface area (Å²) >= 11 is 1.49. The smallest absolute Gasteiger partial charge is 0.243 e. The van der Waals surface area contributed by atoms with Gasteiger partial charge in [0.15, 0.2) is 9.84 Å². The van der Waals surface area contributed by atoms with E-state index in [0.717, 1.165) is 24.0 Å². The van der Waals surface area contributed by atoms with Crippen molar-refractivity contribution in [2.24, 2.45) is 0 Å². The van der Waals surface area contributed by atoms with E-state index < -0.39 is 19.9 Å². The molecule has 3 rings (SSSR count). The van der Waals surface area contributed by atoms with Gasteiger partial charge in [-0.25, -0.2) is 16.8 Å². The normalized spacial score (nSPS) is 18.5. The lowest BCUT2D eigenvalue weighted by Gasteiger charge is -2.24. The van der Waals surface area contributed by atoms with E-state index in [2.05, 4.69) is 0 Å². The summed E-state index contributed by atoms with van der Waals surface area (Å²) in [5, 5.41) is 1.90. The maximum Gasteiger partial charge on any atom is 0.243 e. The highest BCUT2D eigenvalue weighted by molar-refractivity contribution is 7.91. The van der Waals surface area contributed by atoms with Gasteiger partial charge in [0.1, 0.15) is 0 Å². The number of nitrogens with zero attached hydrogens (tertiary/aromatic N) is 1. The molecule has 0 amide bonds. The van der Waals surface area contributed by atoms with Crippen molar-refractivity contribution in [3.05, 3.63) is 46.7 Å². The number of sulfone groups is 1. The number of benzene rings is 1. The van der Waals surface area contributed by atoms with Gasteiger partial charge in [0.2, 0.25) is 10.0 Å². The summed E-state index contributed by atoms with van der Waals surface area (Å²) in [6.07, 6.45) is 2.66. The van der Waals surface area contributed by atoms with E-state index in [1.807, 2.05) is 17.5 Å². The fourth-order valence-electron chi connectivity index (χ4n) is 2.85. The molecule has 2 heterocycles. The van der Waals surface area contributed by atoms with E-state index in [0.29, 0.717) is 6.61 Å². The third-order valence-corrected chi connectivity index (χ3v) is 7.99. The predicted octanol–water partition coefficient (Wildman–Crippen LogP) is 2.52. The molecule has 0 bridgehead atoms. The van der Waals surface area contributed by atoms with Crippen molar-refractivity contribution in [2.45, 2.75) is 35.3 Å². The quantitative estimate of drug-likeness (QED) is 0.694. The zero-order valence-electron chi connectivity index (χ0n) is 14.4. The Balaban J connectivity index is 1.95. The summed E-state index contributed by atoms with van der Waals surface area (Å²) in [7, 11) is -7.34. The third-order valence-electron chi connectivity index (χ3n) is 4.21. The molecule has 1 aromatic heterocycles. The van der Waals surface area contributed by atoms with Crippen LogP contribution in [0.5, 0.6) is 0 Å². The minimum absolute atomic E-state index is 0.00763. The van der Waals surface area contributed by atoms with Gasteiger partial charge in [0.25, 0.3) is 0 Å². The van der Waals surface area contributed by atoms with Crippen LogP contribution in [-0.2, 0) is 31.1 Å². The molecule has 1 aliphatic rings. The largest absolute Gasteiger partial charge is 0.377 e. The number of thiophene rings is 1. The summed E-state index contributed by atoms with van der Waals surface area (Å²) in [4.78, 5) is 0.896. The lowest BCUT2D eigenvalue weighted by atomic mass is 10.2. The van der Waals surface area contributed by atoms with E-state index in [9.17, 15) is 16.8 Å². The van der Waals surface area contributed by atoms with Gasteiger partial charge in [-0.3, -0.25) is 0 Å². The van der Waals surface area contributed by atoms with E-state index in [1.165, 1.54) is 39.9 Å². The maximum absolute atomic E-state index is 13.2. The number of hydrogen-bond acceptors (Lipinski definition) is 6. The van der Waals surface area contributed by atoms with E-state index >= 15 is 0 Å². The molecule has 1 fully saturated rings. The zero-order valence-corrected chi connectivity index (χ0v) is 16.8. The molecule has 1 aromatic carbocycles. The number of hydrogen-bond donors (Lipinski definition) is 0. The molecule has 1 saturated heterocycles. The van der Waals surface area contributed by atoms with E-state index in [-0.39, 0.29) is 29.0 Å². The van der Waals surface area contributed by atoms with Crippen LogP contribution in [0.25, 0.3) is 0 Å². The Morgan fingerprint density at radius 3 is 2.54 bits per heavy atom. The van der Waals surface area contributed by atoms with Crippen LogP contribution >= 0.6 is 11.3 Å².